The van der Waals surface area contributed by atoms with Gasteiger partial charge in [-0.15, -0.1) is 12.4 Å². The third-order valence-electron chi connectivity index (χ3n) is 0.940. The fraction of sp³-hybridized carbons (Fsp3) is 0.333. The molecule has 0 heterocycles. The SMILES string of the molecule is CN.CN.CN.Cl.NNc1ccccc1. The molecule has 0 aliphatic rings. The molecule has 15 heavy (non-hydrogen) atoms. The molecule has 0 aliphatic carbocycles. The predicted molar refractivity (Wildman–Crippen MR) is 71.8 cm³/mol. The van der Waals surface area contributed by atoms with E-state index in [1.807, 2.05) is 30.3 Å². The van der Waals surface area contributed by atoms with Crippen LogP contribution in [0.3, 0.4) is 0 Å². The number of nitrogens with two attached hydrogens (primary N) is 4. The summed E-state index contributed by atoms with van der Waals surface area (Å²) in [4.78, 5) is 0. The van der Waals surface area contributed by atoms with Gasteiger partial charge in [0.2, 0.25) is 0 Å². The van der Waals surface area contributed by atoms with Gasteiger partial charge in [-0.1, -0.05) is 18.2 Å². The summed E-state index contributed by atoms with van der Waals surface area (Å²) in [5, 5.41) is 0. The molecule has 0 fully saturated rings. The number of hydrogen-bond donors (Lipinski definition) is 5. The van der Waals surface area contributed by atoms with Crippen molar-refractivity contribution in [2.45, 2.75) is 0 Å². The molecule has 5 nitrogen and oxygen atoms in total. The Morgan fingerprint density at radius 1 is 0.800 bits per heavy atom. The number of rotatable bonds is 1. The normalized spacial score (nSPS) is 5.80. The molecule has 1 aromatic carbocycles. The van der Waals surface area contributed by atoms with Crippen molar-refractivity contribution in [2.24, 2.45) is 23.0 Å². The van der Waals surface area contributed by atoms with Crippen molar-refractivity contribution in [3.63, 3.8) is 0 Å². The standard InChI is InChI=1S/C6H8N2.3CH5N.ClH/c7-8-6-4-2-1-3-5-6;3*1-2;/h1-5,8H,7H2;3*2H2,1H3;1H. The number of halogens is 1. The van der Waals surface area contributed by atoms with Gasteiger partial charge in [0.25, 0.3) is 0 Å². The van der Waals surface area contributed by atoms with Crippen LogP contribution in [0.4, 0.5) is 5.69 Å². The Bertz CT molecular complexity index is 160. The Hall–Kier alpha value is -0.850. The molecule has 0 atom stereocenters. The lowest BCUT2D eigenvalue weighted by atomic mass is 10.3. The molecule has 1 rings (SSSR count). The summed E-state index contributed by atoms with van der Waals surface area (Å²) < 4.78 is 0. The van der Waals surface area contributed by atoms with E-state index in [9.17, 15) is 0 Å². The molecule has 92 valence electrons. The van der Waals surface area contributed by atoms with Crippen LogP contribution in [0.2, 0.25) is 0 Å². The Kier molecular flexibility index (Phi) is 46.3. The van der Waals surface area contributed by atoms with E-state index in [2.05, 4.69) is 22.6 Å². The van der Waals surface area contributed by atoms with Gasteiger partial charge in [0, 0.05) is 5.69 Å². The van der Waals surface area contributed by atoms with Crippen molar-refractivity contribution >= 4 is 18.1 Å². The molecule has 1 aromatic rings. The number of hydrazine groups is 1. The molecule has 0 aliphatic heterocycles. The van der Waals surface area contributed by atoms with Crippen molar-refractivity contribution in [3.8, 4) is 0 Å². The predicted octanol–water partition coefficient (Wildman–Crippen LogP) is 0.119. The maximum absolute atomic E-state index is 5.10. The number of nitrogens with one attached hydrogen (secondary N) is 1. The highest BCUT2D eigenvalue weighted by Crippen LogP contribution is 2.00. The molecule has 0 radical (unpaired) electrons. The Morgan fingerprint density at radius 3 is 1.33 bits per heavy atom. The quantitative estimate of drug-likeness (QED) is 0.351. The van der Waals surface area contributed by atoms with E-state index in [1.165, 1.54) is 21.1 Å². The third-order valence-corrected chi connectivity index (χ3v) is 0.940. The molecule has 6 heteroatoms. The van der Waals surface area contributed by atoms with Gasteiger partial charge in [-0.2, -0.15) is 0 Å². The second-order valence-electron chi connectivity index (χ2n) is 1.51. The number of hydrogen-bond acceptors (Lipinski definition) is 5. The Labute approximate surface area is 98.6 Å². The zero-order valence-electron chi connectivity index (χ0n) is 9.60. The molecule has 0 bridgehead atoms. The van der Waals surface area contributed by atoms with E-state index < -0.39 is 0 Å². The molecule has 0 spiro atoms. The maximum Gasteiger partial charge on any atom is 0.0485 e. The van der Waals surface area contributed by atoms with Gasteiger partial charge in [0.15, 0.2) is 0 Å². The summed E-state index contributed by atoms with van der Waals surface area (Å²) in [6.45, 7) is 0. The van der Waals surface area contributed by atoms with Crippen LogP contribution in [0.1, 0.15) is 0 Å². The largest absolute Gasteiger partial charge is 0.333 e. The van der Waals surface area contributed by atoms with E-state index in [4.69, 9.17) is 5.84 Å². The van der Waals surface area contributed by atoms with Crippen molar-refractivity contribution in [2.75, 3.05) is 26.6 Å². The highest BCUT2D eigenvalue weighted by molar-refractivity contribution is 5.85. The second-order valence-corrected chi connectivity index (χ2v) is 1.51. The lowest BCUT2D eigenvalue weighted by molar-refractivity contribution is 1.35. The minimum Gasteiger partial charge on any atom is -0.333 e. The molecule has 9 N–H and O–H groups in total. The van der Waals surface area contributed by atoms with Gasteiger partial charge in [-0.3, -0.25) is 5.84 Å². The summed E-state index contributed by atoms with van der Waals surface area (Å²) >= 11 is 0. The number of benzene rings is 1. The Balaban J connectivity index is -0.0000000755. The van der Waals surface area contributed by atoms with E-state index in [-0.39, 0.29) is 12.4 Å². The van der Waals surface area contributed by atoms with Gasteiger partial charge in [0.1, 0.15) is 0 Å². The fourth-order valence-corrected chi connectivity index (χ4v) is 0.534. The second kappa shape index (κ2) is 29.2. The molecule has 0 unspecified atom stereocenters. The van der Waals surface area contributed by atoms with E-state index in [0.29, 0.717) is 0 Å². The molecule has 0 saturated carbocycles. The van der Waals surface area contributed by atoms with Crippen LogP contribution >= 0.6 is 12.4 Å². The number of anilines is 1. The topological polar surface area (TPSA) is 116 Å². The summed E-state index contributed by atoms with van der Waals surface area (Å²) in [5.41, 5.74) is 17.0. The van der Waals surface area contributed by atoms with Gasteiger partial charge in [0.05, 0.1) is 0 Å². The van der Waals surface area contributed by atoms with Gasteiger partial charge in [-0.05, 0) is 33.3 Å². The zero-order valence-corrected chi connectivity index (χ0v) is 10.4. The van der Waals surface area contributed by atoms with E-state index >= 15 is 0 Å². The Morgan fingerprint density at radius 2 is 1.13 bits per heavy atom. The monoisotopic (exact) mass is 237 g/mol. The van der Waals surface area contributed by atoms with Crippen LogP contribution in [0, 0.1) is 0 Å². The first-order valence-corrected chi connectivity index (χ1v) is 4.18. The smallest absolute Gasteiger partial charge is 0.0485 e. The van der Waals surface area contributed by atoms with Gasteiger partial charge < -0.3 is 22.6 Å². The molecule has 0 aromatic heterocycles. The first-order chi connectivity index (χ1) is 6.93. The van der Waals surface area contributed by atoms with Crippen molar-refractivity contribution in [1.29, 1.82) is 0 Å². The van der Waals surface area contributed by atoms with Crippen molar-refractivity contribution in [3.05, 3.63) is 30.3 Å². The lowest BCUT2D eigenvalue weighted by Gasteiger charge is -1.94. The molecule has 0 saturated heterocycles. The van der Waals surface area contributed by atoms with Gasteiger partial charge >= 0.3 is 0 Å². The number of nitrogen functional groups attached to an aromatic ring is 1. The lowest BCUT2D eigenvalue weighted by Crippen LogP contribution is -2.05. The molecule has 0 amide bonds. The molecular formula is C9H24ClN5. The summed E-state index contributed by atoms with van der Waals surface area (Å²) in [7, 11) is 4.50. The minimum absolute atomic E-state index is 0. The van der Waals surface area contributed by atoms with E-state index in [0.717, 1.165) is 5.69 Å². The highest BCUT2D eigenvalue weighted by Gasteiger charge is 1.78. The van der Waals surface area contributed by atoms with Crippen molar-refractivity contribution in [1.82, 2.24) is 0 Å². The van der Waals surface area contributed by atoms with Crippen LogP contribution in [0.25, 0.3) is 0 Å². The third kappa shape index (κ3) is 19.5. The minimum atomic E-state index is 0. The zero-order chi connectivity index (χ0) is 11.8. The van der Waals surface area contributed by atoms with Crippen LogP contribution < -0.4 is 28.5 Å². The van der Waals surface area contributed by atoms with Crippen molar-refractivity contribution < 1.29 is 0 Å². The van der Waals surface area contributed by atoms with Crippen LogP contribution in [-0.4, -0.2) is 21.1 Å². The van der Waals surface area contributed by atoms with Gasteiger partial charge in [-0.25, -0.2) is 0 Å². The molecular weight excluding hydrogens is 214 g/mol. The first-order valence-electron chi connectivity index (χ1n) is 4.18. The highest BCUT2D eigenvalue weighted by atomic mass is 35.5. The fourth-order valence-electron chi connectivity index (χ4n) is 0.534. The van der Waals surface area contributed by atoms with Crippen LogP contribution in [0.5, 0.6) is 0 Å². The summed E-state index contributed by atoms with van der Waals surface area (Å²) in [5.74, 6) is 5.10. The average Bonchev–Trinajstić information content (AvgIpc) is 2.37. The summed E-state index contributed by atoms with van der Waals surface area (Å²) in [6.07, 6.45) is 0. The van der Waals surface area contributed by atoms with E-state index in [1.54, 1.807) is 0 Å². The summed E-state index contributed by atoms with van der Waals surface area (Å²) in [6, 6.07) is 9.60. The maximum atomic E-state index is 5.10. The first kappa shape index (κ1) is 23.8. The number of para-hydroxylation sites is 1. The van der Waals surface area contributed by atoms with Crippen LogP contribution in [-0.2, 0) is 0 Å². The average molecular weight is 238 g/mol. The van der Waals surface area contributed by atoms with Crippen LogP contribution in [0.15, 0.2) is 30.3 Å².